The number of anilines is 3. The summed E-state index contributed by atoms with van der Waals surface area (Å²) in [6.07, 6.45) is 0. The van der Waals surface area contributed by atoms with Gasteiger partial charge in [-0.05, 0) is 150 Å². The summed E-state index contributed by atoms with van der Waals surface area (Å²) in [5, 5.41) is 4.47. The molecule has 0 aliphatic carbocycles. The van der Waals surface area contributed by atoms with E-state index in [-0.39, 0.29) is 0 Å². The second kappa shape index (κ2) is 20.2. The van der Waals surface area contributed by atoms with Gasteiger partial charge in [0.2, 0.25) is 0 Å². The van der Waals surface area contributed by atoms with Crippen LogP contribution in [-0.2, 0) is 0 Å². The molecule has 0 spiro atoms. The van der Waals surface area contributed by atoms with E-state index in [4.69, 9.17) is 8.83 Å². The van der Waals surface area contributed by atoms with Crippen molar-refractivity contribution < 1.29 is 8.83 Å². The molecule has 0 N–H and O–H groups in total. The molecule has 0 saturated heterocycles. The zero-order valence-electron chi connectivity index (χ0n) is 44.2. The Kier molecular flexibility index (Phi) is 11.9. The molecule has 0 aliphatic rings. The lowest BCUT2D eigenvalue weighted by molar-refractivity contribution is 0.668. The fourth-order valence-electron chi connectivity index (χ4n) is 12.3. The molecule has 2 aromatic heterocycles. The van der Waals surface area contributed by atoms with Crippen LogP contribution >= 0.6 is 0 Å². The number of fused-ring (bicyclic) bond motifs is 6. The predicted octanol–water partition coefficient (Wildman–Crippen LogP) is 22.3. The lowest BCUT2D eigenvalue weighted by atomic mass is 9.74. The average molecular weight is 1030 g/mol. The minimum atomic E-state index is 0.881. The molecular weight excluding hydrogens is 983 g/mol. The van der Waals surface area contributed by atoms with E-state index in [1.807, 2.05) is 24.3 Å². The number of hydrogen-bond donors (Lipinski definition) is 0. The molecule has 380 valence electrons. The van der Waals surface area contributed by atoms with Crippen LogP contribution in [0.1, 0.15) is 0 Å². The zero-order chi connectivity index (χ0) is 53.6. The minimum absolute atomic E-state index is 0.881. The number of hydrogen-bond acceptors (Lipinski definition) is 3. The fourth-order valence-corrected chi connectivity index (χ4v) is 12.3. The molecule has 0 saturated carbocycles. The molecule has 0 fully saturated rings. The summed E-state index contributed by atoms with van der Waals surface area (Å²) in [5.41, 5.74) is 25.1. The molecule has 0 radical (unpaired) electrons. The molecule has 15 aromatic rings. The molecule has 0 unspecified atom stereocenters. The Bertz CT molecular complexity index is 4480. The van der Waals surface area contributed by atoms with Crippen molar-refractivity contribution in [2.24, 2.45) is 0 Å². The molecule has 15 rings (SSSR count). The zero-order valence-corrected chi connectivity index (χ0v) is 44.2. The smallest absolute Gasteiger partial charge is 0.136 e. The van der Waals surface area contributed by atoms with Crippen LogP contribution < -0.4 is 4.90 Å². The average Bonchev–Trinajstić information content (AvgIpc) is 4.25. The third-order valence-electron chi connectivity index (χ3n) is 15.9. The Labute approximate surface area is 470 Å². The Balaban J connectivity index is 0.951. The molecule has 0 aliphatic heterocycles. The highest BCUT2D eigenvalue weighted by Crippen LogP contribution is 2.56. The van der Waals surface area contributed by atoms with Crippen LogP contribution in [-0.4, -0.2) is 0 Å². The van der Waals surface area contributed by atoms with Gasteiger partial charge in [-0.2, -0.15) is 0 Å². The lowest BCUT2D eigenvalue weighted by Gasteiger charge is -2.29. The van der Waals surface area contributed by atoms with Crippen molar-refractivity contribution in [2.75, 3.05) is 4.90 Å². The van der Waals surface area contributed by atoms with Crippen LogP contribution in [0.2, 0.25) is 0 Å². The second-order valence-corrected chi connectivity index (χ2v) is 20.6. The lowest BCUT2D eigenvalue weighted by Crippen LogP contribution is -2.10. The van der Waals surface area contributed by atoms with Gasteiger partial charge in [0.25, 0.3) is 0 Å². The Morgan fingerprint density at radius 1 is 0.185 bits per heavy atom. The van der Waals surface area contributed by atoms with E-state index in [1.165, 1.54) is 33.4 Å². The van der Waals surface area contributed by atoms with Gasteiger partial charge < -0.3 is 13.7 Å². The monoisotopic (exact) mass is 1030 g/mol. The standard InChI is InChI=1S/C78H51NO2/c1-6-22-54(23-7-1)71-72(55-24-8-2-9-25-55)74(57-28-12-4-13-29-57)76(75(58-30-14-5-15-31-58)73(71)56-26-10-3-11-27-56)59-44-50-62(51-45-59)79(60-46-40-52(41-47-60)63-34-20-38-69-77(63)65-32-16-18-36-67(65)80-69)61-48-42-53(43-49-61)64-35-21-39-70-78(64)66-33-17-19-37-68(66)81-70/h1-51H. The van der Waals surface area contributed by atoms with Crippen molar-refractivity contribution in [3.63, 3.8) is 0 Å². The van der Waals surface area contributed by atoms with Gasteiger partial charge >= 0.3 is 0 Å². The number of nitrogens with zero attached hydrogens (tertiary/aromatic N) is 1. The van der Waals surface area contributed by atoms with Crippen molar-refractivity contribution in [3.05, 3.63) is 309 Å². The number of benzene rings is 13. The first kappa shape index (κ1) is 47.5. The Hall–Kier alpha value is -10.7. The van der Waals surface area contributed by atoms with Crippen molar-refractivity contribution >= 4 is 60.9 Å². The summed E-state index contributed by atoms with van der Waals surface area (Å²) >= 11 is 0. The summed E-state index contributed by atoms with van der Waals surface area (Å²) in [6, 6.07) is 111. The third-order valence-corrected chi connectivity index (χ3v) is 15.9. The van der Waals surface area contributed by atoms with Crippen LogP contribution in [0.25, 0.3) is 133 Å². The summed E-state index contributed by atoms with van der Waals surface area (Å²) < 4.78 is 12.7. The summed E-state index contributed by atoms with van der Waals surface area (Å²) in [6.45, 7) is 0. The molecule has 0 atom stereocenters. The topological polar surface area (TPSA) is 29.5 Å². The number of para-hydroxylation sites is 2. The van der Waals surface area contributed by atoms with E-state index in [2.05, 4.69) is 290 Å². The van der Waals surface area contributed by atoms with Gasteiger partial charge in [-0.3, -0.25) is 0 Å². The van der Waals surface area contributed by atoms with Gasteiger partial charge in [0.15, 0.2) is 0 Å². The maximum atomic E-state index is 6.35. The van der Waals surface area contributed by atoms with Crippen molar-refractivity contribution in [1.82, 2.24) is 0 Å². The van der Waals surface area contributed by atoms with Crippen LogP contribution in [0.4, 0.5) is 17.1 Å². The molecule has 2 heterocycles. The first-order valence-corrected chi connectivity index (χ1v) is 27.6. The first-order valence-electron chi connectivity index (χ1n) is 27.6. The highest BCUT2D eigenvalue weighted by molar-refractivity contribution is 6.16. The van der Waals surface area contributed by atoms with E-state index in [1.54, 1.807) is 0 Å². The molecule has 81 heavy (non-hydrogen) atoms. The minimum Gasteiger partial charge on any atom is -0.456 e. The number of furan rings is 2. The third kappa shape index (κ3) is 8.39. The summed E-state index contributed by atoms with van der Waals surface area (Å²) in [5.74, 6) is 0. The largest absolute Gasteiger partial charge is 0.456 e. The van der Waals surface area contributed by atoms with Gasteiger partial charge in [-0.1, -0.05) is 249 Å². The molecule has 3 heteroatoms. The van der Waals surface area contributed by atoms with Gasteiger partial charge in [0.05, 0.1) is 0 Å². The molecule has 0 amide bonds. The highest BCUT2D eigenvalue weighted by Gasteiger charge is 2.29. The highest BCUT2D eigenvalue weighted by atomic mass is 16.3. The molecule has 0 bridgehead atoms. The van der Waals surface area contributed by atoms with Gasteiger partial charge in [-0.25, -0.2) is 0 Å². The predicted molar refractivity (Wildman–Crippen MR) is 339 cm³/mol. The fraction of sp³-hybridized carbons (Fsp3) is 0. The van der Waals surface area contributed by atoms with Crippen molar-refractivity contribution in [3.8, 4) is 89.0 Å². The normalized spacial score (nSPS) is 11.5. The summed E-state index contributed by atoms with van der Waals surface area (Å²) in [4.78, 5) is 2.37. The maximum Gasteiger partial charge on any atom is 0.136 e. The van der Waals surface area contributed by atoms with E-state index in [9.17, 15) is 0 Å². The van der Waals surface area contributed by atoms with E-state index >= 15 is 0 Å². The van der Waals surface area contributed by atoms with Gasteiger partial charge in [-0.15, -0.1) is 0 Å². The van der Waals surface area contributed by atoms with Crippen molar-refractivity contribution in [2.45, 2.75) is 0 Å². The van der Waals surface area contributed by atoms with Crippen LogP contribution in [0.3, 0.4) is 0 Å². The van der Waals surface area contributed by atoms with Gasteiger partial charge in [0, 0.05) is 38.6 Å². The molecule has 3 nitrogen and oxygen atoms in total. The van der Waals surface area contributed by atoms with Crippen LogP contribution in [0.15, 0.2) is 318 Å². The summed E-state index contributed by atoms with van der Waals surface area (Å²) in [7, 11) is 0. The Morgan fingerprint density at radius 2 is 0.432 bits per heavy atom. The molecular formula is C78H51NO2. The SMILES string of the molecule is c1ccc(-c2c(-c3ccccc3)c(-c3ccccc3)c(-c3ccc(N(c4ccc(-c5cccc6oc7ccccc7c56)cc4)c4ccc(-c5cccc6oc7ccccc7c56)cc4)cc3)c(-c3ccccc3)c2-c2ccccc2)cc1. The first-order chi connectivity index (χ1) is 40.2. The number of rotatable bonds is 11. The Morgan fingerprint density at radius 3 is 0.741 bits per heavy atom. The second-order valence-electron chi connectivity index (χ2n) is 20.6. The van der Waals surface area contributed by atoms with Crippen LogP contribution in [0, 0.1) is 0 Å². The molecule has 13 aromatic carbocycles. The van der Waals surface area contributed by atoms with Crippen molar-refractivity contribution in [1.29, 1.82) is 0 Å². The maximum absolute atomic E-state index is 6.35. The quantitative estimate of drug-likeness (QED) is 0.129. The van der Waals surface area contributed by atoms with E-state index < -0.39 is 0 Å². The van der Waals surface area contributed by atoms with Gasteiger partial charge in [0.1, 0.15) is 22.3 Å². The van der Waals surface area contributed by atoms with E-state index in [0.717, 1.165) is 117 Å². The van der Waals surface area contributed by atoms with Crippen LogP contribution in [0.5, 0.6) is 0 Å². The van der Waals surface area contributed by atoms with E-state index in [0.29, 0.717) is 0 Å².